The molecule has 1 aromatic carbocycles. The van der Waals surface area contributed by atoms with Gasteiger partial charge in [-0.05, 0) is 30.5 Å². The molecule has 1 saturated heterocycles. The monoisotopic (exact) mass is 317 g/mol. The second kappa shape index (κ2) is 7.26. The summed E-state index contributed by atoms with van der Waals surface area (Å²) in [7, 11) is 3.42. The van der Waals surface area contributed by atoms with E-state index in [0.717, 1.165) is 12.0 Å². The quantitative estimate of drug-likeness (QED) is 0.901. The van der Waals surface area contributed by atoms with Gasteiger partial charge in [0.2, 0.25) is 11.8 Å². The summed E-state index contributed by atoms with van der Waals surface area (Å²) in [6.45, 7) is 2.51. The Bertz CT molecular complexity index is 596. The Morgan fingerprint density at radius 1 is 1.22 bits per heavy atom. The fourth-order valence-electron chi connectivity index (χ4n) is 2.72. The molecule has 0 aromatic heterocycles. The van der Waals surface area contributed by atoms with Crippen molar-refractivity contribution in [2.45, 2.75) is 32.4 Å². The van der Waals surface area contributed by atoms with E-state index in [4.69, 9.17) is 0 Å². The Labute approximate surface area is 136 Å². The van der Waals surface area contributed by atoms with Crippen LogP contribution in [0.4, 0.5) is 0 Å². The van der Waals surface area contributed by atoms with E-state index < -0.39 is 0 Å². The summed E-state index contributed by atoms with van der Waals surface area (Å²) in [5.41, 5.74) is 1.49. The number of amides is 3. The van der Waals surface area contributed by atoms with Gasteiger partial charge in [-0.2, -0.15) is 0 Å². The number of hydrogen-bond donors (Lipinski definition) is 1. The summed E-state index contributed by atoms with van der Waals surface area (Å²) < 4.78 is 0. The first kappa shape index (κ1) is 17.0. The number of likely N-dealkylation sites (tertiary alicyclic amines) is 1. The molecule has 0 bridgehead atoms. The average Bonchev–Trinajstić information content (AvgIpc) is 3.01. The minimum absolute atomic E-state index is 0.0295. The van der Waals surface area contributed by atoms with Crippen molar-refractivity contribution in [3.05, 3.63) is 35.4 Å². The summed E-state index contributed by atoms with van der Waals surface area (Å²) >= 11 is 0. The third-order valence-electron chi connectivity index (χ3n) is 3.98. The Hall–Kier alpha value is -2.37. The van der Waals surface area contributed by atoms with Crippen LogP contribution >= 0.6 is 0 Å². The third kappa shape index (κ3) is 4.09. The van der Waals surface area contributed by atoms with Gasteiger partial charge >= 0.3 is 0 Å². The van der Waals surface area contributed by atoms with Crippen molar-refractivity contribution < 1.29 is 14.4 Å². The van der Waals surface area contributed by atoms with Gasteiger partial charge in [-0.25, -0.2) is 0 Å². The summed E-state index contributed by atoms with van der Waals surface area (Å²) in [5.74, 6) is -0.237. The largest absolute Gasteiger partial charge is 0.352 e. The van der Waals surface area contributed by atoms with Gasteiger partial charge in [0.25, 0.3) is 5.91 Å². The van der Waals surface area contributed by atoms with Gasteiger partial charge < -0.3 is 15.1 Å². The van der Waals surface area contributed by atoms with E-state index in [-0.39, 0.29) is 23.8 Å². The molecule has 1 unspecified atom stereocenters. The van der Waals surface area contributed by atoms with Gasteiger partial charge in [-0.15, -0.1) is 0 Å². The summed E-state index contributed by atoms with van der Waals surface area (Å²) in [5, 5.41) is 2.72. The highest BCUT2D eigenvalue weighted by atomic mass is 16.2. The van der Waals surface area contributed by atoms with Crippen molar-refractivity contribution in [1.82, 2.24) is 15.1 Å². The van der Waals surface area contributed by atoms with Gasteiger partial charge in [0.15, 0.2) is 0 Å². The van der Waals surface area contributed by atoms with Crippen molar-refractivity contribution in [1.29, 1.82) is 0 Å². The van der Waals surface area contributed by atoms with Crippen LogP contribution in [0.3, 0.4) is 0 Å². The molecule has 0 aliphatic carbocycles. The van der Waals surface area contributed by atoms with Gasteiger partial charge in [-0.1, -0.05) is 12.1 Å². The topological polar surface area (TPSA) is 69.7 Å². The molecular weight excluding hydrogens is 294 g/mol. The second-order valence-corrected chi connectivity index (χ2v) is 6.00. The lowest BCUT2D eigenvalue weighted by Crippen LogP contribution is -2.45. The first-order valence-corrected chi connectivity index (χ1v) is 7.75. The van der Waals surface area contributed by atoms with Crippen molar-refractivity contribution in [3.8, 4) is 0 Å². The lowest BCUT2D eigenvalue weighted by Gasteiger charge is -2.26. The first-order chi connectivity index (χ1) is 10.9. The molecule has 0 spiro atoms. The van der Waals surface area contributed by atoms with Crippen molar-refractivity contribution >= 4 is 17.7 Å². The molecule has 6 nitrogen and oxygen atoms in total. The Balaban J connectivity index is 2.07. The van der Waals surface area contributed by atoms with E-state index >= 15 is 0 Å². The number of likely N-dealkylation sites (N-methyl/N-ethyl adjacent to an activating group) is 1. The van der Waals surface area contributed by atoms with Crippen LogP contribution in [0.5, 0.6) is 0 Å². The number of hydrogen-bond acceptors (Lipinski definition) is 3. The average molecular weight is 317 g/mol. The Kier molecular flexibility index (Phi) is 5.36. The highest BCUT2D eigenvalue weighted by molar-refractivity contribution is 5.97. The number of nitrogens with zero attached hydrogens (tertiary/aromatic N) is 2. The number of nitrogens with one attached hydrogen (secondary N) is 1. The highest BCUT2D eigenvalue weighted by Gasteiger charge is 2.35. The zero-order chi connectivity index (χ0) is 17.0. The highest BCUT2D eigenvalue weighted by Crippen LogP contribution is 2.21. The van der Waals surface area contributed by atoms with Crippen LogP contribution in [-0.4, -0.2) is 54.2 Å². The normalized spacial score (nSPS) is 17.0. The van der Waals surface area contributed by atoms with E-state index in [0.29, 0.717) is 25.1 Å². The second-order valence-electron chi connectivity index (χ2n) is 6.00. The van der Waals surface area contributed by atoms with E-state index in [2.05, 4.69) is 5.32 Å². The molecule has 1 fully saturated rings. The number of carbonyl (C=O) groups excluding carboxylic acids is 3. The molecule has 1 aliphatic heterocycles. The van der Waals surface area contributed by atoms with E-state index in [1.54, 1.807) is 31.1 Å². The Morgan fingerprint density at radius 2 is 1.87 bits per heavy atom. The van der Waals surface area contributed by atoms with Crippen LogP contribution < -0.4 is 5.32 Å². The van der Waals surface area contributed by atoms with Crippen LogP contribution in [0.25, 0.3) is 0 Å². The molecule has 6 heteroatoms. The van der Waals surface area contributed by atoms with Gasteiger partial charge in [0, 0.05) is 39.7 Å². The molecule has 1 heterocycles. The zero-order valence-electron chi connectivity index (χ0n) is 13.8. The molecule has 1 atom stereocenters. The zero-order valence-corrected chi connectivity index (χ0v) is 13.8. The fourth-order valence-corrected chi connectivity index (χ4v) is 2.72. The molecule has 3 amide bonds. The van der Waals surface area contributed by atoms with E-state index in [9.17, 15) is 14.4 Å². The van der Waals surface area contributed by atoms with Gasteiger partial charge in [0.05, 0.1) is 0 Å². The lowest BCUT2D eigenvalue weighted by atomic mass is 10.1. The first-order valence-electron chi connectivity index (χ1n) is 7.75. The van der Waals surface area contributed by atoms with E-state index in [1.807, 2.05) is 12.1 Å². The molecule has 124 valence electrons. The van der Waals surface area contributed by atoms with Crippen molar-refractivity contribution in [3.63, 3.8) is 0 Å². The van der Waals surface area contributed by atoms with E-state index in [1.165, 1.54) is 11.8 Å². The molecule has 0 radical (unpaired) electrons. The van der Waals surface area contributed by atoms with Gasteiger partial charge in [0.1, 0.15) is 6.04 Å². The standard InChI is InChI=1S/C17H23N3O3/c1-12(21)18-11-13-6-8-14(9-7-13)16(22)20-10-4-5-15(20)17(23)19(2)3/h6-9,15H,4-5,10-11H2,1-3H3,(H,18,21). The van der Waals surface area contributed by atoms with Crippen molar-refractivity contribution in [2.24, 2.45) is 0 Å². The summed E-state index contributed by atoms with van der Waals surface area (Å²) in [4.78, 5) is 38.9. The molecule has 1 N–H and O–H groups in total. The number of benzene rings is 1. The lowest BCUT2D eigenvalue weighted by molar-refractivity contribution is -0.132. The smallest absolute Gasteiger partial charge is 0.254 e. The van der Waals surface area contributed by atoms with Crippen molar-refractivity contribution in [2.75, 3.05) is 20.6 Å². The molecule has 0 saturated carbocycles. The minimum atomic E-state index is -0.364. The predicted molar refractivity (Wildman–Crippen MR) is 86.7 cm³/mol. The maximum absolute atomic E-state index is 12.6. The molecule has 1 aliphatic rings. The van der Waals surface area contributed by atoms with Crippen LogP contribution in [0.2, 0.25) is 0 Å². The SMILES string of the molecule is CC(=O)NCc1ccc(C(=O)N2CCCC2C(=O)N(C)C)cc1. The predicted octanol–water partition coefficient (Wildman–Crippen LogP) is 1.02. The number of carbonyl (C=O) groups is 3. The third-order valence-corrected chi connectivity index (χ3v) is 3.98. The maximum atomic E-state index is 12.6. The Morgan fingerprint density at radius 3 is 2.43 bits per heavy atom. The fraction of sp³-hybridized carbons (Fsp3) is 0.471. The molecular formula is C17H23N3O3. The number of rotatable bonds is 4. The summed E-state index contributed by atoms with van der Waals surface area (Å²) in [6.07, 6.45) is 1.56. The maximum Gasteiger partial charge on any atom is 0.254 e. The van der Waals surface area contributed by atoms with Crippen LogP contribution in [0, 0.1) is 0 Å². The minimum Gasteiger partial charge on any atom is -0.352 e. The van der Waals surface area contributed by atoms with Crippen LogP contribution in [0.1, 0.15) is 35.7 Å². The summed E-state index contributed by atoms with van der Waals surface area (Å²) in [6, 6.07) is 6.77. The molecule has 23 heavy (non-hydrogen) atoms. The molecule has 2 rings (SSSR count). The molecule has 1 aromatic rings. The van der Waals surface area contributed by atoms with Gasteiger partial charge in [-0.3, -0.25) is 14.4 Å². The van der Waals surface area contributed by atoms with Crippen LogP contribution in [-0.2, 0) is 16.1 Å². The van der Waals surface area contributed by atoms with Crippen LogP contribution in [0.15, 0.2) is 24.3 Å².